The van der Waals surface area contributed by atoms with Crippen LogP contribution in [-0.2, 0) is 0 Å². The van der Waals surface area contributed by atoms with Gasteiger partial charge in [-0.1, -0.05) is 28.1 Å². The molecule has 0 radical (unpaired) electrons. The van der Waals surface area contributed by atoms with Crippen LogP contribution in [-0.4, -0.2) is 19.3 Å². The highest BCUT2D eigenvalue weighted by molar-refractivity contribution is 9.10. The smallest absolute Gasteiger partial charge is 0.329 e. The highest BCUT2D eigenvalue weighted by Gasteiger charge is 2.28. The van der Waals surface area contributed by atoms with Crippen molar-refractivity contribution in [1.82, 2.24) is 5.32 Å². The highest BCUT2D eigenvalue weighted by Crippen LogP contribution is 2.22. The van der Waals surface area contributed by atoms with E-state index in [1.165, 1.54) is 0 Å². The van der Waals surface area contributed by atoms with Crippen molar-refractivity contribution in [3.8, 4) is 0 Å². The third-order valence-corrected chi connectivity index (χ3v) is 3.24. The van der Waals surface area contributed by atoms with E-state index in [-0.39, 0.29) is 6.54 Å². The summed E-state index contributed by atoms with van der Waals surface area (Å²) in [5, 5.41) is 2.40. The molecule has 0 spiro atoms. The first-order chi connectivity index (χ1) is 7.83. The first-order valence-corrected chi connectivity index (χ1v) is 5.89. The minimum absolute atomic E-state index is 0.117. The zero-order valence-electron chi connectivity index (χ0n) is 9.31. The maximum Gasteiger partial charge on any atom is 0.401 e. The molecule has 0 saturated carbocycles. The minimum atomic E-state index is -4.23. The van der Waals surface area contributed by atoms with Gasteiger partial charge in [-0.2, -0.15) is 13.2 Å². The van der Waals surface area contributed by atoms with Gasteiger partial charge in [0, 0.05) is 17.1 Å². The summed E-state index contributed by atoms with van der Waals surface area (Å²) in [4.78, 5) is 0. The van der Waals surface area contributed by atoms with Gasteiger partial charge in [0.1, 0.15) is 0 Å². The average molecular weight is 311 g/mol. The molecule has 1 aromatic carbocycles. The topological polar surface area (TPSA) is 38.0 Å². The SMILES string of the molecule is Cc1ccc(C(CN)NCC(F)(F)F)cc1Br. The summed E-state index contributed by atoms with van der Waals surface area (Å²) in [6, 6.07) is 4.92. The van der Waals surface area contributed by atoms with Gasteiger partial charge in [-0.25, -0.2) is 0 Å². The maximum absolute atomic E-state index is 12.1. The van der Waals surface area contributed by atoms with Crippen LogP contribution in [0, 0.1) is 6.92 Å². The Morgan fingerprint density at radius 2 is 2.06 bits per heavy atom. The van der Waals surface area contributed by atoms with Crippen LogP contribution in [0.5, 0.6) is 0 Å². The Labute approximate surface area is 107 Å². The zero-order valence-corrected chi connectivity index (χ0v) is 10.9. The normalized spacial score (nSPS) is 13.8. The highest BCUT2D eigenvalue weighted by atomic mass is 79.9. The van der Waals surface area contributed by atoms with E-state index < -0.39 is 18.8 Å². The Balaban J connectivity index is 2.76. The molecule has 1 unspecified atom stereocenters. The van der Waals surface area contributed by atoms with E-state index in [2.05, 4.69) is 21.2 Å². The third kappa shape index (κ3) is 4.65. The van der Waals surface area contributed by atoms with Crippen molar-refractivity contribution in [2.75, 3.05) is 13.1 Å². The van der Waals surface area contributed by atoms with Crippen molar-refractivity contribution in [2.24, 2.45) is 5.73 Å². The molecule has 6 heteroatoms. The minimum Gasteiger partial charge on any atom is -0.329 e. The Morgan fingerprint density at radius 1 is 1.41 bits per heavy atom. The van der Waals surface area contributed by atoms with Gasteiger partial charge < -0.3 is 11.1 Å². The standard InChI is InChI=1S/C11H14BrF3N2/c1-7-2-3-8(4-9(7)12)10(5-16)17-6-11(13,14)15/h2-4,10,17H,5-6,16H2,1H3. The fourth-order valence-corrected chi connectivity index (χ4v) is 1.80. The van der Waals surface area contributed by atoms with Gasteiger partial charge in [0.2, 0.25) is 0 Å². The molecule has 2 nitrogen and oxygen atoms in total. The fourth-order valence-electron chi connectivity index (χ4n) is 1.40. The molecule has 0 aromatic heterocycles. The van der Waals surface area contributed by atoms with Crippen molar-refractivity contribution in [3.63, 3.8) is 0 Å². The summed E-state index contributed by atoms with van der Waals surface area (Å²) in [6.07, 6.45) is -4.23. The number of aryl methyl sites for hydroxylation is 1. The predicted molar refractivity (Wildman–Crippen MR) is 64.7 cm³/mol. The van der Waals surface area contributed by atoms with Crippen molar-refractivity contribution < 1.29 is 13.2 Å². The van der Waals surface area contributed by atoms with Crippen LogP contribution in [0.15, 0.2) is 22.7 Å². The molecule has 0 fully saturated rings. The summed E-state index contributed by atoms with van der Waals surface area (Å²) < 4.78 is 37.2. The zero-order chi connectivity index (χ0) is 13.1. The Bertz CT molecular complexity index is 379. The largest absolute Gasteiger partial charge is 0.401 e. The number of alkyl halides is 3. The van der Waals surface area contributed by atoms with E-state index in [4.69, 9.17) is 5.73 Å². The van der Waals surface area contributed by atoms with Gasteiger partial charge in [0.25, 0.3) is 0 Å². The van der Waals surface area contributed by atoms with Crippen LogP contribution < -0.4 is 11.1 Å². The van der Waals surface area contributed by atoms with Gasteiger partial charge in [0.05, 0.1) is 6.54 Å². The summed E-state index contributed by atoms with van der Waals surface area (Å²) >= 11 is 3.34. The van der Waals surface area contributed by atoms with Crippen LogP contribution in [0.25, 0.3) is 0 Å². The van der Waals surface area contributed by atoms with Crippen LogP contribution in [0.4, 0.5) is 13.2 Å². The van der Waals surface area contributed by atoms with E-state index in [9.17, 15) is 13.2 Å². The molecule has 17 heavy (non-hydrogen) atoms. The molecule has 1 rings (SSSR count). The van der Waals surface area contributed by atoms with E-state index in [0.717, 1.165) is 15.6 Å². The monoisotopic (exact) mass is 310 g/mol. The van der Waals surface area contributed by atoms with Crippen molar-refractivity contribution >= 4 is 15.9 Å². The molecule has 1 aromatic rings. The van der Waals surface area contributed by atoms with Gasteiger partial charge in [-0.05, 0) is 24.1 Å². The number of halogens is 4. The lowest BCUT2D eigenvalue weighted by atomic mass is 10.1. The van der Waals surface area contributed by atoms with Crippen LogP contribution in [0.1, 0.15) is 17.2 Å². The molecule has 0 aliphatic rings. The quantitative estimate of drug-likeness (QED) is 0.897. The molecule has 1 atom stereocenters. The summed E-state index contributed by atoms with van der Waals surface area (Å²) in [5.74, 6) is 0. The summed E-state index contributed by atoms with van der Waals surface area (Å²) in [6.45, 7) is 0.987. The van der Waals surface area contributed by atoms with E-state index in [1.54, 1.807) is 12.1 Å². The second-order valence-electron chi connectivity index (χ2n) is 3.79. The Kier molecular flexibility index (Phi) is 4.97. The second kappa shape index (κ2) is 5.84. The number of nitrogens with two attached hydrogens (primary N) is 1. The maximum atomic E-state index is 12.1. The van der Waals surface area contributed by atoms with Crippen LogP contribution in [0.3, 0.4) is 0 Å². The molecule has 96 valence electrons. The van der Waals surface area contributed by atoms with Crippen LogP contribution in [0.2, 0.25) is 0 Å². The number of benzene rings is 1. The molecule has 0 aliphatic carbocycles. The van der Waals surface area contributed by atoms with Gasteiger partial charge >= 0.3 is 6.18 Å². The number of hydrogen-bond donors (Lipinski definition) is 2. The molecule has 3 N–H and O–H groups in total. The first-order valence-electron chi connectivity index (χ1n) is 5.09. The van der Waals surface area contributed by atoms with Crippen LogP contribution >= 0.6 is 15.9 Å². The van der Waals surface area contributed by atoms with E-state index in [0.29, 0.717) is 0 Å². The van der Waals surface area contributed by atoms with Gasteiger partial charge in [-0.15, -0.1) is 0 Å². The van der Waals surface area contributed by atoms with Crippen molar-refractivity contribution in [1.29, 1.82) is 0 Å². The summed E-state index contributed by atoms with van der Waals surface area (Å²) in [5.41, 5.74) is 7.25. The van der Waals surface area contributed by atoms with Gasteiger partial charge in [0.15, 0.2) is 0 Å². The van der Waals surface area contributed by atoms with Crippen molar-refractivity contribution in [2.45, 2.75) is 19.1 Å². The summed E-state index contributed by atoms with van der Waals surface area (Å²) in [7, 11) is 0. The molecule has 0 saturated heterocycles. The number of hydrogen-bond acceptors (Lipinski definition) is 2. The Morgan fingerprint density at radius 3 is 2.53 bits per heavy atom. The first kappa shape index (κ1) is 14.5. The predicted octanol–water partition coefficient (Wildman–Crippen LogP) is 2.91. The third-order valence-electron chi connectivity index (χ3n) is 2.38. The molecule has 0 amide bonds. The number of rotatable bonds is 4. The lowest BCUT2D eigenvalue weighted by molar-refractivity contribution is -0.126. The molecule has 0 bridgehead atoms. The van der Waals surface area contributed by atoms with E-state index >= 15 is 0 Å². The molecular weight excluding hydrogens is 297 g/mol. The van der Waals surface area contributed by atoms with Gasteiger partial charge in [-0.3, -0.25) is 0 Å². The molecule has 0 aliphatic heterocycles. The number of nitrogens with one attached hydrogen (secondary N) is 1. The average Bonchev–Trinajstić information content (AvgIpc) is 2.22. The molecular formula is C11H14BrF3N2. The Hall–Kier alpha value is -0.590. The van der Waals surface area contributed by atoms with Crippen molar-refractivity contribution in [3.05, 3.63) is 33.8 Å². The van der Waals surface area contributed by atoms with E-state index in [1.807, 2.05) is 13.0 Å². The second-order valence-corrected chi connectivity index (χ2v) is 4.65. The fraction of sp³-hybridized carbons (Fsp3) is 0.455. The lowest BCUT2D eigenvalue weighted by Crippen LogP contribution is -2.35. The molecule has 0 heterocycles. The lowest BCUT2D eigenvalue weighted by Gasteiger charge is -2.19.